The van der Waals surface area contributed by atoms with Crippen molar-refractivity contribution in [1.29, 1.82) is 0 Å². The molecule has 122 valence electrons. The first-order chi connectivity index (χ1) is 10.3. The van der Waals surface area contributed by atoms with E-state index in [1.165, 1.54) is 11.3 Å². The number of para-hydroxylation sites is 1. The van der Waals surface area contributed by atoms with Crippen LogP contribution in [0.25, 0.3) is 0 Å². The number of aliphatic carboxylic acids is 1. The van der Waals surface area contributed by atoms with Gasteiger partial charge in [-0.2, -0.15) is 13.2 Å². The number of carbonyl (C=O) groups is 1. The number of carboxylic acid groups (broad SMARTS) is 1. The number of hydrogen-bond acceptors (Lipinski definition) is 3. The van der Waals surface area contributed by atoms with E-state index in [4.69, 9.17) is 9.90 Å². The van der Waals surface area contributed by atoms with E-state index in [1.807, 2.05) is 6.08 Å². The molecule has 0 unspecified atom stereocenters. The molecule has 1 heterocycles. The molecule has 22 heavy (non-hydrogen) atoms. The number of aryl methyl sites for hydroxylation is 1. The molecule has 1 aliphatic rings. The molecule has 7 heteroatoms. The summed E-state index contributed by atoms with van der Waals surface area (Å²) in [4.78, 5) is 11.3. The second-order valence-electron chi connectivity index (χ2n) is 4.79. The van der Waals surface area contributed by atoms with E-state index in [9.17, 15) is 13.2 Å². The number of hydrogen-bond donors (Lipinski definition) is 2. The molecule has 0 aromatic heterocycles. The Kier molecular flexibility index (Phi) is 6.42. The van der Waals surface area contributed by atoms with E-state index in [-0.39, 0.29) is 0 Å². The summed E-state index contributed by atoms with van der Waals surface area (Å²) in [7, 11) is 0. The van der Waals surface area contributed by atoms with Gasteiger partial charge in [-0.1, -0.05) is 24.3 Å². The van der Waals surface area contributed by atoms with Crippen molar-refractivity contribution in [2.24, 2.45) is 0 Å². The first-order valence-electron chi connectivity index (χ1n) is 6.73. The maximum atomic E-state index is 10.6. The molecule has 2 rings (SSSR count). The predicted molar refractivity (Wildman–Crippen MR) is 79.1 cm³/mol. The summed E-state index contributed by atoms with van der Waals surface area (Å²) in [5, 5.41) is 10.5. The number of rotatable bonds is 2. The third kappa shape index (κ3) is 5.07. The van der Waals surface area contributed by atoms with Gasteiger partial charge in [0.1, 0.15) is 0 Å². The van der Waals surface area contributed by atoms with Crippen molar-refractivity contribution < 1.29 is 23.1 Å². The molecule has 1 saturated heterocycles. The van der Waals surface area contributed by atoms with Crippen LogP contribution in [0, 0.1) is 6.92 Å². The SMILES string of the molecule is C=C[C@@H]1CNCCN1c1ccccc1C.O=C(O)C(F)(F)F. The second-order valence-corrected chi connectivity index (χ2v) is 4.79. The van der Waals surface area contributed by atoms with Gasteiger partial charge in [0.15, 0.2) is 0 Å². The molecule has 0 spiro atoms. The zero-order valence-corrected chi connectivity index (χ0v) is 12.2. The Morgan fingerprint density at radius 1 is 1.45 bits per heavy atom. The Balaban J connectivity index is 0.000000295. The summed E-state index contributed by atoms with van der Waals surface area (Å²) in [5.74, 6) is -2.76. The highest BCUT2D eigenvalue weighted by Gasteiger charge is 2.38. The number of benzene rings is 1. The molecule has 1 aliphatic heterocycles. The van der Waals surface area contributed by atoms with Crippen LogP contribution in [-0.4, -0.2) is 42.9 Å². The van der Waals surface area contributed by atoms with E-state index in [0.29, 0.717) is 6.04 Å². The van der Waals surface area contributed by atoms with Crippen LogP contribution in [-0.2, 0) is 4.79 Å². The van der Waals surface area contributed by atoms with Gasteiger partial charge in [-0.05, 0) is 18.6 Å². The molecular weight excluding hydrogens is 297 g/mol. The lowest BCUT2D eigenvalue weighted by atomic mass is 10.1. The highest BCUT2D eigenvalue weighted by molar-refractivity contribution is 5.73. The number of nitrogens with zero attached hydrogens (tertiary/aromatic N) is 1. The Hall–Kier alpha value is -2.02. The van der Waals surface area contributed by atoms with Crippen molar-refractivity contribution >= 4 is 11.7 Å². The van der Waals surface area contributed by atoms with Crippen LogP contribution in [0.4, 0.5) is 18.9 Å². The predicted octanol–water partition coefficient (Wildman–Crippen LogP) is 2.59. The number of piperazine rings is 1. The van der Waals surface area contributed by atoms with Crippen molar-refractivity contribution in [3.8, 4) is 0 Å². The Morgan fingerprint density at radius 3 is 2.55 bits per heavy atom. The minimum atomic E-state index is -5.08. The van der Waals surface area contributed by atoms with Crippen molar-refractivity contribution in [3.05, 3.63) is 42.5 Å². The largest absolute Gasteiger partial charge is 0.490 e. The standard InChI is InChI=1S/C13H18N2.C2HF3O2/c1-3-12-10-14-8-9-15(12)13-7-5-4-6-11(13)2;3-2(4,5)1(6)7/h3-7,12,14H,1,8-10H2,2H3;(H,6,7)/t12-;/m1./s1. The molecule has 0 radical (unpaired) electrons. The van der Waals surface area contributed by atoms with Crippen LogP contribution in [0.3, 0.4) is 0 Å². The molecule has 2 N–H and O–H groups in total. The molecule has 1 aromatic carbocycles. The van der Waals surface area contributed by atoms with Gasteiger partial charge in [0.2, 0.25) is 0 Å². The second kappa shape index (κ2) is 7.84. The first-order valence-corrected chi connectivity index (χ1v) is 6.73. The molecule has 4 nitrogen and oxygen atoms in total. The number of alkyl halides is 3. The summed E-state index contributed by atoms with van der Waals surface area (Å²) in [5.41, 5.74) is 2.68. The zero-order valence-electron chi connectivity index (χ0n) is 12.2. The van der Waals surface area contributed by atoms with Crippen LogP contribution in [0.15, 0.2) is 36.9 Å². The fraction of sp³-hybridized carbons (Fsp3) is 0.400. The lowest BCUT2D eigenvalue weighted by Gasteiger charge is -2.37. The molecule has 0 saturated carbocycles. The zero-order chi connectivity index (χ0) is 16.8. The summed E-state index contributed by atoms with van der Waals surface area (Å²) in [6.07, 6.45) is -3.06. The Bertz CT molecular complexity index is 518. The molecule has 0 aliphatic carbocycles. The topological polar surface area (TPSA) is 52.6 Å². The Morgan fingerprint density at radius 2 is 2.05 bits per heavy atom. The van der Waals surface area contributed by atoms with E-state index in [0.717, 1.165) is 19.6 Å². The van der Waals surface area contributed by atoms with Crippen LogP contribution in [0.1, 0.15) is 5.56 Å². The van der Waals surface area contributed by atoms with Gasteiger partial charge in [-0.15, -0.1) is 6.58 Å². The highest BCUT2D eigenvalue weighted by atomic mass is 19.4. The minimum Gasteiger partial charge on any atom is -0.475 e. The molecule has 0 bridgehead atoms. The van der Waals surface area contributed by atoms with E-state index < -0.39 is 12.1 Å². The van der Waals surface area contributed by atoms with Gasteiger partial charge in [-0.25, -0.2) is 4.79 Å². The van der Waals surface area contributed by atoms with Gasteiger partial charge in [0.05, 0.1) is 6.04 Å². The molecule has 1 atom stereocenters. The van der Waals surface area contributed by atoms with E-state index in [1.54, 1.807) is 0 Å². The quantitative estimate of drug-likeness (QED) is 0.824. The third-order valence-electron chi connectivity index (χ3n) is 3.22. The summed E-state index contributed by atoms with van der Waals surface area (Å²) in [6, 6.07) is 8.96. The maximum Gasteiger partial charge on any atom is 0.490 e. The first kappa shape index (κ1) is 18.0. The summed E-state index contributed by atoms with van der Waals surface area (Å²) >= 11 is 0. The fourth-order valence-corrected chi connectivity index (χ4v) is 2.12. The normalized spacial score (nSPS) is 18.2. The minimum absolute atomic E-state index is 0.417. The maximum absolute atomic E-state index is 10.6. The van der Waals surface area contributed by atoms with Gasteiger partial charge < -0.3 is 15.3 Å². The lowest BCUT2D eigenvalue weighted by molar-refractivity contribution is -0.192. The van der Waals surface area contributed by atoms with Crippen LogP contribution >= 0.6 is 0 Å². The average Bonchev–Trinajstić information content (AvgIpc) is 2.47. The lowest BCUT2D eigenvalue weighted by Crippen LogP contribution is -2.50. The molecule has 0 amide bonds. The van der Waals surface area contributed by atoms with Crippen molar-refractivity contribution in [2.75, 3.05) is 24.5 Å². The Labute approximate surface area is 127 Å². The van der Waals surface area contributed by atoms with Crippen LogP contribution in [0.2, 0.25) is 0 Å². The summed E-state index contributed by atoms with van der Waals surface area (Å²) in [6.45, 7) is 9.18. The van der Waals surface area contributed by atoms with Gasteiger partial charge in [0.25, 0.3) is 0 Å². The van der Waals surface area contributed by atoms with Crippen molar-refractivity contribution in [3.63, 3.8) is 0 Å². The van der Waals surface area contributed by atoms with Crippen LogP contribution < -0.4 is 10.2 Å². The fourth-order valence-electron chi connectivity index (χ4n) is 2.12. The highest BCUT2D eigenvalue weighted by Crippen LogP contribution is 2.22. The monoisotopic (exact) mass is 316 g/mol. The van der Waals surface area contributed by atoms with Gasteiger partial charge in [-0.3, -0.25) is 0 Å². The van der Waals surface area contributed by atoms with E-state index >= 15 is 0 Å². The van der Waals surface area contributed by atoms with E-state index in [2.05, 4.69) is 48.0 Å². The number of halogens is 3. The van der Waals surface area contributed by atoms with Crippen molar-refractivity contribution in [1.82, 2.24) is 5.32 Å². The number of anilines is 1. The molecular formula is C15H19F3N2O2. The molecule has 1 aromatic rings. The molecule has 1 fully saturated rings. The smallest absolute Gasteiger partial charge is 0.475 e. The van der Waals surface area contributed by atoms with Gasteiger partial charge >= 0.3 is 12.1 Å². The van der Waals surface area contributed by atoms with Crippen LogP contribution in [0.5, 0.6) is 0 Å². The third-order valence-corrected chi connectivity index (χ3v) is 3.22. The van der Waals surface area contributed by atoms with Gasteiger partial charge in [0, 0.05) is 25.3 Å². The number of carboxylic acids is 1. The summed E-state index contributed by atoms with van der Waals surface area (Å²) < 4.78 is 31.7. The average molecular weight is 316 g/mol. The van der Waals surface area contributed by atoms with Crippen molar-refractivity contribution in [2.45, 2.75) is 19.1 Å². The number of nitrogens with one attached hydrogen (secondary N) is 1.